The van der Waals surface area contributed by atoms with Gasteiger partial charge in [0.05, 0.1) is 0 Å². The minimum Gasteiger partial charge on any atom is -0.480 e. The van der Waals surface area contributed by atoms with E-state index >= 15 is 0 Å². The van der Waals surface area contributed by atoms with E-state index in [1.807, 2.05) is 0 Å². The summed E-state index contributed by atoms with van der Waals surface area (Å²) in [6.07, 6.45) is 5.29. The Hall–Kier alpha value is -1.59. The van der Waals surface area contributed by atoms with Crippen LogP contribution in [0.4, 0.5) is 0 Å². The number of carbonyl (C=O) groups excluding carboxylic acids is 2. The number of amides is 2. The molecule has 20 heavy (non-hydrogen) atoms. The van der Waals surface area contributed by atoms with E-state index in [0.717, 1.165) is 25.7 Å². The first-order valence-corrected chi connectivity index (χ1v) is 7.22. The second-order valence-electron chi connectivity index (χ2n) is 5.58. The Bertz CT molecular complexity index is 364. The fraction of sp³-hybridized carbons (Fsp3) is 0.786. The Labute approximate surface area is 119 Å². The molecule has 3 N–H and O–H groups in total. The summed E-state index contributed by atoms with van der Waals surface area (Å²) in [7, 11) is 0. The molecule has 0 heterocycles. The van der Waals surface area contributed by atoms with Crippen LogP contribution in [0.1, 0.15) is 52.4 Å². The molecule has 114 valence electrons. The van der Waals surface area contributed by atoms with Crippen LogP contribution in [-0.2, 0) is 14.4 Å². The largest absolute Gasteiger partial charge is 0.480 e. The van der Waals surface area contributed by atoms with Crippen molar-refractivity contribution in [2.24, 2.45) is 5.92 Å². The lowest BCUT2D eigenvalue weighted by Gasteiger charge is -2.23. The number of hydrogen-bond donors (Lipinski definition) is 3. The van der Waals surface area contributed by atoms with Gasteiger partial charge in [-0.2, -0.15) is 0 Å². The molecule has 0 bridgehead atoms. The standard InChI is InChI=1S/C14H24N2O4/c1-9(8-12(17)16-10(2)14(19)20)15-13(18)11-6-4-3-5-7-11/h9-11H,3-8H2,1-2H3,(H,15,18)(H,16,17)(H,19,20). The summed E-state index contributed by atoms with van der Waals surface area (Å²) >= 11 is 0. The minimum atomic E-state index is -1.07. The second-order valence-corrected chi connectivity index (χ2v) is 5.58. The summed E-state index contributed by atoms with van der Waals surface area (Å²) in [5, 5.41) is 13.9. The molecule has 1 fully saturated rings. The van der Waals surface area contributed by atoms with Crippen LogP contribution in [0.5, 0.6) is 0 Å². The molecule has 6 nitrogen and oxygen atoms in total. The van der Waals surface area contributed by atoms with Gasteiger partial charge in [0.15, 0.2) is 0 Å². The third kappa shape index (κ3) is 5.59. The number of carboxylic acids is 1. The molecule has 1 rings (SSSR count). The highest BCUT2D eigenvalue weighted by Gasteiger charge is 2.23. The smallest absolute Gasteiger partial charge is 0.325 e. The maximum Gasteiger partial charge on any atom is 0.325 e. The first-order valence-electron chi connectivity index (χ1n) is 7.22. The van der Waals surface area contributed by atoms with E-state index < -0.39 is 12.0 Å². The molecule has 2 atom stereocenters. The molecule has 1 saturated carbocycles. The Morgan fingerprint density at radius 3 is 2.25 bits per heavy atom. The number of hydrogen-bond acceptors (Lipinski definition) is 3. The van der Waals surface area contributed by atoms with Crippen LogP contribution in [0.3, 0.4) is 0 Å². The van der Waals surface area contributed by atoms with Crippen molar-refractivity contribution in [1.29, 1.82) is 0 Å². The predicted octanol–water partition coefficient (Wildman–Crippen LogP) is 1.05. The predicted molar refractivity (Wildman–Crippen MR) is 74.0 cm³/mol. The number of carboxylic acid groups (broad SMARTS) is 1. The van der Waals surface area contributed by atoms with Crippen LogP contribution >= 0.6 is 0 Å². The van der Waals surface area contributed by atoms with Crippen LogP contribution < -0.4 is 10.6 Å². The third-order valence-electron chi connectivity index (χ3n) is 3.60. The number of carbonyl (C=O) groups is 3. The Morgan fingerprint density at radius 2 is 1.70 bits per heavy atom. The highest BCUT2D eigenvalue weighted by molar-refractivity contribution is 5.84. The summed E-state index contributed by atoms with van der Waals surface area (Å²) in [4.78, 5) is 34.2. The summed E-state index contributed by atoms with van der Waals surface area (Å²) in [6.45, 7) is 3.16. The summed E-state index contributed by atoms with van der Waals surface area (Å²) in [6, 6.07) is -1.20. The van der Waals surface area contributed by atoms with Crippen LogP contribution in [0.25, 0.3) is 0 Å². The first-order chi connectivity index (χ1) is 9.40. The van der Waals surface area contributed by atoms with E-state index in [0.29, 0.717) is 0 Å². The van der Waals surface area contributed by atoms with Gasteiger partial charge >= 0.3 is 5.97 Å². The van der Waals surface area contributed by atoms with Crippen molar-refractivity contribution in [1.82, 2.24) is 10.6 Å². The SMILES string of the molecule is CC(CC(=O)NC(C)C(=O)O)NC(=O)C1CCCCC1. The summed E-state index contributed by atoms with van der Waals surface area (Å²) in [5.74, 6) is -1.36. The lowest BCUT2D eigenvalue weighted by Crippen LogP contribution is -2.43. The van der Waals surface area contributed by atoms with E-state index in [4.69, 9.17) is 5.11 Å². The molecular formula is C14H24N2O4. The average molecular weight is 284 g/mol. The number of rotatable bonds is 6. The van der Waals surface area contributed by atoms with Gasteiger partial charge in [-0.3, -0.25) is 14.4 Å². The van der Waals surface area contributed by atoms with Crippen molar-refractivity contribution >= 4 is 17.8 Å². The molecule has 2 amide bonds. The lowest BCUT2D eigenvalue weighted by atomic mass is 9.88. The Kier molecular flexibility index (Phi) is 6.48. The number of nitrogens with one attached hydrogen (secondary N) is 2. The van der Waals surface area contributed by atoms with Gasteiger partial charge in [0.1, 0.15) is 6.04 Å². The van der Waals surface area contributed by atoms with Crippen molar-refractivity contribution in [3.05, 3.63) is 0 Å². The molecule has 0 aromatic rings. The molecule has 0 aromatic carbocycles. The zero-order chi connectivity index (χ0) is 15.1. The van der Waals surface area contributed by atoms with Gasteiger partial charge in [0.2, 0.25) is 11.8 Å². The van der Waals surface area contributed by atoms with Gasteiger partial charge in [-0.25, -0.2) is 0 Å². The molecular weight excluding hydrogens is 260 g/mol. The van der Waals surface area contributed by atoms with Crippen LogP contribution in [0.2, 0.25) is 0 Å². The number of aliphatic carboxylic acids is 1. The van der Waals surface area contributed by atoms with Gasteiger partial charge in [0.25, 0.3) is 0 Å². The van der Waals surface area contributed by atoms with Gasteiger partial charge in [-0.15, -0.1) is 0 Å². The first kappa shape index (κ1) is 16.5. The van der Waals surface area contributed by atoms with Crippen molar-refractivity contribution in [2.45, 2.75) is 64.5 Å². The monoisotopic (exact) mass is 284 g/mol. The van der Waals surface area contributed by atoms with Crippen molar-refractivity contribution in [3.63, 3.8) is 0 Å². The molecule has 2 unspecified atom stereocenters. The second kappa shape index (κ2) is 7.87. The topological polar surface area (TPSA) is 95.5 Å². The molecule has 0 spiro atoms. The molecule has 0 aliphatic heterocycles. The van der Waals surface area contributed by atoms with Gasteiger partial charge in [0, 0.05) is 18.4 Å². The lowest BCUT2D eigenvalue weighted by molar-refractivity contribution is -0.141. The van der Waals surface area contributed by atoms with Gasteiger partial charge in [-0.1, -0.05) is 19.3 Å². The maximum atomic E-state index is 12.0. The quantitative estimate of drug-likeness (QED) is 0.679. The molecule has 6 heteroatoms. The average Bonchev–Trinajstić information content (AvgIpc) is 2.39. The van der Waals surface area contributed by atoms with Crippen LogP contribution in [0, 0.1) is 5.92 Å². The van der Waals surface area contributed by atoms with Crippen LogP contribution in [0.15, 0.2) is 0 Å². The summed E-state index contributed by atoms with van der Waals surface area (Å²) < 4.78 is 0. The summed E-state index contributed by atoms with van der Waals surface area (Å²) in [5.41, 5.74) is 0. The van der Waals surface area contributed by atoms with Crippen molar-refractivity contribution in [3.8, 4) is 0 Å². The van der Waals surface area contributed by atoms with E-state index in [1.165, 1.54) is 13.3 Å². The van der Waals surface area contributed by atoms with E-state index in [9.17, 15) is 14.4 Å². The normalized spacial score (nSPS) is 18.9. The van der Waals surface area contributed by atoms with Crippen molar-refractivity contribution < 1.29 is 19.5 Å². The van der Waals surface area contributed by atoms with Gasteiger partial charge < -0.3 is 15.7 Å². The minimum absolute atomic E-state index is 0.0104. The molecule has 0 aromatic heterocycles. The molecule has 1 aliphatic rings. The Morgan fingerprint density at radius 1 is 1.10 bits per heavy atom. The van der Waals surface area contributed by atoms with E-state index in [-0.39, 0.29) is 30.2 Å². The maximum absolute atomic E-state index is 12.0. The molecule has 0 saturated heterocycles. The molecule has 1 aliphatic carbocycles. The highest BCUT2D eigenvalue weighted by atomic mass is 16.4. The zero-order valence-electron chi connectivity index (χ0n) is 12.1. The molecule has 0 radical (unpaired) electrons. The van der Waals surface area contributed by atoms with Gasteiger partial charge in [-0.05, 0) is 26.7 Å². The van der Waals surface area contributed by atoms with Crippen LogP contribution in [-0.4, -0.2) is 35.0 Å². The van der Waals surface area contributed by atoms with E-state index in [2.05, 4.69) is 10.6 Å². The Balaban J connectivity index is 2.31. The zero-order valence-corrected chi connectivity index (χ0v) is 12.1. The fourth-order valence-electron chi connectivity index (χ4n) is 2.42. The van der Waals surface area contributed by atoms with E-state index in [1.54, 1.807) is 6.92 Å². The van der Waals surface area contributed by atoms with Crippen molar-refractivity contribution in [2.75, 3.05) is 0 Å². The third-order valence-corrected chi connectivity index (χ3v) is 3.60. The fourth-order valence-corrected chi connectivity index (χ4v) is 2.42. The highest BCUT2D eigenvalue weighted by Crippen LogP contribution is 2.23.